The van der Waals surface area contributed by atoms with Crippen LogP contribution in [0.2, 0.25) is 0 Å². The summed E-state index contributed by atoms with van der Waals surface area (Å²) in [6.45, 7) is 6.68. The summed E-state index contributed by atoms with van der Waals surface area (Å²) in [5.74, 6) is 0.792. The molecule has 2 aromatic heterocycles. The van der Waals surface area contributed by atoms with Crippen LogP contribution in [0.3, 0.4) is 0 Å². The Bertz CT molecular complexity index is 1120. The number of hydrogen-bond donors (Lipinski definition) is 1. The molecule has 5 rings (SSSR count). The summed E-state index contributed by atoms with van der Waals surface area (Å²) in [6, 6.07) is 8.12. The molecule has 29 heavy (non-hydrogen) atoms. The first-order chi connectivity index (χ1) is 14.1. The zero-order valence-corrected chi connectivity index (χ0v) is 17.0. The molecule has 0 saturated carbocycles. The first kappa shape index (κ1) is 18.0. The first-order valence-electron chi connectivity index (χ1n) is 9.69. The number of nitrogens with one attached hydrogen (secondary N) is 1. The summed E-state index contributed by atoms with van der Waals surface area (Å²) >= 11 is 1.69. The van der Waals surface area contributed by atoms with Gasteiger partial charge in [-0.15, -0.1) is 11.3 Å². The van der Waals surface area contributed by atoms with Crippen LogP contribution in [0.4, 0.5) is 11.6 Å². The quantitative estimate of drug-likeness (QED) is 0.635. The molecule has 0 bridgehead atoms. The van der Waals surface area contributed by atoms with Crippen molar-refractivity contribution in [1.82, 2.24) is 19.9 Å². The maximum atomic E-state index is 12.0. The fourth-order valence-corrected chi connectivity index (χ4v) is 5.40. The number of amides is 1. The van der Waals surface area contributed by atoms with E-state index < -0.39 is 0 Å². The second-order valence-electron chi connectivity index (χ2n) is 7.61. The second kappa shape index (κ2) is 6.77. The Labute approximate surface area is 173 Å². The van der Waals surface area contributed by atoms with Crippen LogP contribution >= 0.6 is 11.3 Å². The van der Waals surface area contributed by atoms with Crippen molar-refractivity contribution in [3.05, 3.63) is 59.5 Å². The van der Waals surface area contributed by atoms with E-state index in [9.17, 15) is 4.79 Å². The zero-order valence-electron chi connectivity index (χ0n) is 16.2. The van der Waals surface area contributed by atoms with Crippen LogP contribution in [0.5, 0.6) is 0 Å². The molecule has 0 radical (unpaired) electrons. The lowest BCUT2D eigenvalue weighted by Gasteiger charge is -2.45. The Hall–Kier alpha value is -3.06. The van der Waals surface area contributed by atoms with E-state index in [0.717, 1.165) is 51.8 Å². The lowest BCUT2D eigenvalue weighted by atomic mass is 9.85. The van der Waals surface area contributed by atoms with Gasteiger partial charge in [0.15, 0.2) is 0 Å². The third kappa shape index (κ3) is 3.02. The highest BCUT2D eigenvalue weighted by atomic mass is 32.1. The predicted molar refractivity (Wildman–Crippen MR) is 115 cm³/mol. The lowest BCUT2D eigenvalue weighted by molar-refractivity contribution is -0.153. The number of thiazole rings is 1. The van der Waals surface area contributed by atoms with Gasteiger partial charge in [0.1, 0.15) is 10.5 Å². The number of aromatic nitrogens is 3. The molecule has 1 N–H and O–H groups in total. The number of aryl methyl sites for hydroxylation is 1. The molecular weight excluding hydrogens is 382 g/mol. The van der Waals surface area contributed by atoms with Crippen molar-refractivity contribution in [2.24, 2.45) is 0 Å². The van der Waals surface area contributed by atoms with E-state index in [2.05, 4.69) is 47.0 Å². The van der Waals surface area contributed by atoms with E-state index in [0.29, 0.717) is 12.4 Å². The minimum atomic E-state index is -0.149. The van der Waals surface area contributed by atoms with E-state index in [1.165, 1.54) is 0 Å². The number of anilines is 2. The number of fused-ring (bicyclic) bond motifs is 1. The van der Waals surface area contributed by atoms with Crippen LogP contribution in [0.15, 0.2) is 43.2 Å². The van der Waals surface area contributed by atoms with Gasteiger partial charge in [-0.3, -0.25) is 4.79 Å². The van der Waals surface area contributed by atoms with Crippen LogP contribution in [0.1, 0.15) is 35.5 Å². The Balaban J connectivity index is 1.44. The highest BCUT2D eigenvalue weighted by molar-refractivity contribution is 7.15. The Morgan fingerprint density at radius 3 is 3.03 bits per heavy atom. The van der Waals surface area contributed by atoms with Crippen LogP contribution in [0, 0.1) is 6.92 Å². The molecule has 2 aliphatic heterocycles. The van der Waals surface area contributed by atoms with E-state index in [-0.39, 0.29) is 11.4 Å². The minimum Gasteiger partial charge on any atom is -0.330 e. The maximum absolute atomic E-state index is 12.0. The summed E-state index contributed by atoms with van der Waals surface area (Å²) in [7, 11) is 0. The molecule has 4 heterocycles. The van der Waals surface area contributed by atoms with Crippen molar-refractivity contribution in [3.8, 4) is 10.4 Å². The van der Waals surface area contributed by atoms with Crippen molar-refractivity contribution in [3.63, 3.8) is 0 Å². The number of carbonyl (C=O) groups excluding carboxylic acids is 1. The second-order valence-corrected chi connectivity index (χ2v) is 8.64. The van der Waals surface area contributed by atoms with Crippen molar-refractivity contribution >= 4 is 35.0 Å². The van der Waals surface area contributed by atoms with Crippen molar-refractivity contribution < 1.29 is 4.79 Å². The molecule has 2 fully saturated rings. The van der Waals surface area contributed by atoms with E-state index >= 15 is 0 Å². The van der Waals surface area contributed by atoms with Crippen molar-refractivity contribution in [1.29, 1.82) is 0 Å². The average molecular weight is 404 g/mol. The number of nitrogens with zero attached hydrogens (tertiary/aromatic N) is 4. The van der Waals surface area contributed by atoms with E-state index in [4.69, 9.17) is 4.98 Å². The van der Waals surface area contributed by atoms with Crippen LogP contribution in [-0.2, 0) is 10.3 Å². The van der Waals surface area contributed by atoms with E-state index in [1.807, 2.05) is 17.2 Å². The Morgan fingerprint density at radius 2 is 2.21 bits per heavy atom. The standard InChI is InChI=1S/C22H21N5OS/c1-3-16-5-7-23-21(25-16)26-17-10-14(2)9-15(11-17)18-13-24-20(29-18)22-6-4-8-27(22)19(28)12-22/h3,5,7,9-11,13H,1,4,6,8,12H2,2H3,(H,23,25,26). The molecule has 1 aromatic carbocycles. The molecule has 1 unspecified atom stereocenters. The predicted octanol–water partition coefficient (Wildman–Crippen LogP) is 4.52. The first-order valence-corrected chi connectivity index (χ1v) is 10.5. The highest BCUT2D eigenvalue weighted by Gasteiger charge is 2.56. The highest BCUT2D eigenvalue weighted by Crippen LogP contribution is 2.51. The van der Waals surface area contributed by atoms with Crippen molar-refractivity contribution in [2.75, 3.05) is 11.9 Å². The molecule has 0 aliphatic carbocycles. The average Bonchev–Trinajstić information content (AvgIpc) is 3.32. The fraction of sp³-hybridized carbons (Fsp3) is 0.273. The Morgan fingerprint density at radius 1 is 1.31 bits per heavy atom. The summed E-state index contributed by atoms with van der Waals surface area (Å²) in [6.07, 6.45) is 8.01. The van der Waals surface area contributed by atoms with Crippen LogP contribution < -0.4 is 5.32 Å². The van der Waals surface area contributed by atoms with Gasteiger partial charge in [0.2, 0.25) is 11.9 Å². The molecule has 7 heteroatoms. The fourth-order valence-electron chi connectivity index (χ4n) is 4.27. The number of carbonyl (C=O) groups is 1. The number of hydrogen-bond acceptors (Lipinski definition) is 6. The third-order valence-corrected chi connectivity index (χ3v) is 6.88. The largest absolute Gasteiger partial charge is 0.330 e. The molecule has 1 amide bonds. The van der Waals surface area contributed by atoms with Gasteiger partial charge >= 0.3 is 0 Å². The van der Waals surface area contributed by atoms with Gasteiger partial charge in [-0.1, -0.05) is 12.6 Å². The van der Waals surface area contributed by atoms with Gasteiger partial charge in [0.25, 0.3) is 0 Å². The minimum absolute atomic E-state index is 0.149. The zero-order chi connectivity index (χ0) is 20.0. The SMILES string of the molecule is C=Cc1ccnc(Nc2cc(C)cc(-c3cnc(C45CCCN4C(=O)C5)s3)c2)n1. The van der Waals surface area contributed by atoms with Crippen LogP contribution in [-0.4, -0.2) is 32.3 Å². The monoisotopic (exact) mass is 403 g/mol. The van der Waals surface area contributed by atoms with Gasteiger partial charge in [0.05, 0.1) is 17.0 Å². The van der Waals surface area contributed by atoms with E-state index in [1.54, 1.807) is 23.6 Å². The summed E-state index contributed by atoms with van der Waals surface area (Å²) in [5.41, 5.74) is 3.79. The summed E-state index contributed by atoms with van der Waals surface area (Å²) in [5, 5.41) is 4.34. The molecule has 1 atom stereocenters. The Kier molecular flexibility index (Phi) is 4.20. The smallest absolute Gasteiger partial charge is 0.227 e. The molecule has 0 spiro atoms. The topological polar surface area (TPSA) is 71.0 Å². The van der Waals surface area contributed by atoms with Crippen molar-refractivity contribution in [2.45, 2.75) is 31.7 Å². The summed E-state index contributed by atoms with van der Waals surface area (Å²) < 4.78 is 0. The van der Waals surface area contributed by atoms with Gasteiger partial charge in [-0.05, 0) is 55.2 Å². The van der Waals surface area contributed by atoms with Gasteiger partial charge in [-0.2, -0.15) is 0 Å². The van der Waals surface area contributed by atoms with Gasteiger partial charge < -0.3 is 10.2 Å². The molecule has 2 aliphatic rings. The summed E-state index contributed by atoms with van der Waals surface area (Å²) in [4.78, 5) is 28.5. The normalized spacial score (nSPS) is 20.3. The van der Waals surface area contributed by atoms with Gasteiger partial charge in [-0.25, -0.2) is 15.0 Å². The molecule has 6 nitrogen and oxygen atoms in total. The molecular formula is C22H21N5OS. The third-order valence-electron chi connectivity index (χ3n) is 5.64. The number of rotatable bonds is 5. The maximum Gasteiger partial charge on any atom is 0.227 e. The molecule has 3 aromatic rings. The molecule has 2 saturated heterocycles. The van der Waals surface area contributed by atoms with Gasteiger partial charge in [0, 0.05) is 24.6 Å². The number of β-lactam (4-membered cyclic amide) rings is 1. The van der Waals surface area contributed by atoms with Crippen LogP contribution in [0.25, 0.3) is 16.5 Å². The number of benzene rings is 1. The molecule has 146 valence electrons. The lowest BCUT2D eigenvalue weighted by Crippen LogP contribution is -2.57.